The molecule has 2 aromatic rings. The number of hydrogen-bond acceptors (Lipinski definition) is 4. The molecule has 51 heavy (non-hydrogen) atoms. The number of aliphatic carboxylic acids is 2. The topological polar surface area (TPSA) is 80.9 Å². The highest BCUT2D eigenvalue weighted by Crippen LogP contribution is 2.49. The van der Waals surface area contributed by atoms with Gasteiger partial charge in [-0.05, 0) is 92.6 Å². The van der Waals surface area contributed by atoms with Gasteiger partial charge in [-0.2, -0.15) is 16.3 Å². The lowest BCUT2D eigenvalue weighted by Crippen LogP contribution is -2.28. The molecule has 3 aliphatic heterocycles. The molecule has 6 nitrogen and oxygen atoms in total. The summed E-state index contributed by atoms with van der Waals surface area (Å²) in [4.78, 5) is 24.4. The number of carbonyl (C=O) groups is 2. The fraction of sp³-hybridized carbons (Fsp3) is 0.439. The molecular formula is C41H48Cl3N2O4S+. The average Bonchev–Trinajstić information content (AvgIpc) is 3.40. The minimum absolute atomic E-state index is 0.191. The largest absolute Gasteiger partial charge is 0.481 e. The number of anilines is 1. The number of carboxylic acids is 2. The van der Waals surface area contributed by atoms with Crippen molar-refractivity contribution < 1.29 is 24.4 Å². The summed E-state index contributed by atoms with van der Waals surface area (Å²) >= 11 is 22.0. The Kier molecular flexibility index (Phi) is 12.9. The Morgan fingerprint density at radius 2 is 1.45 bits per heavy atom. The van der Waals surface area contributed by atoms with Crippen molar-refractivity contribution in [2.24, 2.45) is 0 Å². The van der Waals surface area contributed by atoms with Gasteiger partial charge in [-0.3, -0.25) is 9.59 Å². The molecule has 0 aliphatic carbocycles. The zero-order valence-electron chi connectivity index (χ0n) is 29.9. The second-order valence-corrected chi connectivity index (χ2v) is 16.8. The Bertz CT molecular complexity index is 1840. The lowest BCUT2D eigenvalue weighted by molar-refractivity contribution is -0.438. The predicted octanol–water partition coefficient (Wildman–Crippen LogP) is 11.1. The van der Waals surface area contributed by atoms with Crippen molar-refractivity contribution in [2.45, 2.75) is 89.9 Å². The molecule has 5 rings (SSSR count). The molecule has 2 aromatic carbocycles. The van der Waals surface area contributed by atoms with Crippen molar-refractivity contribution in [2.75, 3.05) is 29.5 Å². The summed E-state index contributed by atoms with van der Waals surface area (Å²) in [5, 5.41) is 20.3. The number of thioether (sulfide) groups is 1. The van der Waals surface area contributed by atoms with E-state index in [1.165, 1.54) is 22.5 Å². The monoisotopic (exact) mass is 769 g/mol. The summed E-state index contributed by atoms with van der Waals surface area (Å²) in [5.74, 6) is 0.111. The lowest BCUT2D eigenvalue weighted by Gasteiger charge is -2.27. The molecule has 3 heterocycles. The first-order valence-electron chi connectivity index (χ1n) is 17.7. The number of hydrogen-bond donors (Lipinski definition) is 2. The van der Waals surface area contributed by atoms with Crippen LogP contribution < -0.4 is 4.90 Å². The van der Waals surface area contributed by atoms with Crippen molar-refractivity contribution in [1.29, 1.82) is 0 Å². The van der Waals surface area contributed by atoms with Crippen LogP contribution in [0.5, 0.6) is 0 Å². The third kappa shape index (κ3) is 8.98. The Hall–Kier alpha value is -2.97. The van der Waals surface area contributed by atoms with Crippen LogP contribution in [0, 0.1) is 0 Å². The number of halogens is 3. The number of unbranched alkanes of at least 4 members (excludes halogenated alkanes) is 4. The van der Waals surface area contributed by atoms with Gasteiger partial charge in [-0.25, -0.2) is 0 Å². The highest BCUT2D eigenvalue weighted by atomic mass is 35.5. The smallest absolute Gasteiger partial charge is 0.303 e. The first kappa shape index (κ1) is 39.2. The molecule has 0 saturated carbocycles. The fourth-order valence-electron chi connectivity index (χ4n) is 7.43. The molecule has 0 aromatic heterocycles. The summed E-state index contributed by atoms with van der Waals surface area (Å²) in [6.45, 7) is 10.5. The Morgan fingerprint density at radius 3 is 2.14 bits per heavy atom. The predicted molar refractivity (Wildman–Crippen MR) is 214 cm³/mol. The standard InChI is InChI=1S/C41H47Cl3N2O4S/c1-40(2)31-23-29(42)15-17-33(31)45(21-9-5-7-11-37(47)48)35(40)19-13-27-25-51-26-28(39(27)44)14-20-36-41(3,4)32-24-30(43)16-18-34(32)46(36)22-10-6-8-12-38(49)50/h13-20,23-24H,5-12,21-22,25-26H2,1-4H3,(H-,47,48,49,50)/p+1. The van der Waals surface area contributed by atoms with Crippen LogP contribution in [0.3, 0.4) is 0 Å². The van der Waals surface area contributed by atoms with Crippen molar-refractivity contribution >= 4 is 75.6 Å². The van der Waals surface area contributed by atoms with Crippen LogP contribution in [0.4, 0.5) is 11.4 Å². The fourth-order valence-corrected chi connectivity index (χ4v) is 9.21. The van der Waals surface area contributed by atoms with Gasteiger partial charge in [-0.1, -0.05) is 67.2 Å². The minimum atomic E-state index is -0.753. The van der Waals surface area contributed by atoms with Crippen LogP contribution in [0.1, 0.15) is 90.2 Å². The molecule has 0 saturated heterocycles. The van der Waals surface area contributed by atoms with E-state index in [0.29, 0.717) is 22.9 Å². The van der Waals surface area contributed by atoms with Crippen molar-refractivity contribution in [3.63, 3.8) is 0 Å². The molecule has 2 N–H and O–H groups in total. The zero-order chi connectivity index (χ0) is 36.9. The molecule has 10 heteroatoms. The van der Waals surface area contributed by atoms with Crippen LogP contribution in [0.2, 0.25) is 10.0 Å². The van der Waals surface area contributed by atoms with Gasteiger partial charge in [0.15, 0.2) is 5.71 Å². The van der Waals surface area contributed by atoms with Gasteiger partial charge in [0.25, 0.3) is 0 Å². The molecule has 0 fully saturated rings. The maximum Gasteiger partial charge on any atom is 0.303 e. The summed E-state index contributed by atoms with van der Waals surface area (Å²) in [5.41, 5.74) is 8.57. The van der Waals surface area contributed by atoms with E-state index in [4.69, 9.17) is 45.0 Å². The van der Waals surface area contributed by atoms with Gasteiger partial charge in [0.05, 0.1) is 5.41 Å². The van der Waals surface area contributed by atoms with E-state index in [2.05, 4.69) is 85.7 Å². The summed E-state index contributed by atoms with van der Waals surface area (Å²) in [6.07, 6.45) is 13.9. The number of rotatable bonds is 15. The van der Waals surface area contributed by atoms with Gasteiger partial charge in [-0.15, -0.1) is 0 Å². The third-order valence-electron chi connectivity index (χ3n) is 10.2. The number of carboxylic acid groups (broad SMARTS) is 2. The van der Waals surface area contributed by atoms with E-state index in [-0.39, 0.29) is 23.7 Å². The number of nitrogens with zero attached hydrogens (tertiary/aromatic N) is 2. The zero-order valence-corrected chi connectivity index (χ0v) is 33.0. The molecule has 272 valence electrons. The molecule has 0 atom stereocenters. The van der Waals surface area contributed by atoms with E-state index in [1.54, 1.807) is 0 Å². The van der Waals surface area contributed by atoms with Gasteiger partial charge in [0, 0.05) is 86.9 Å². The molecule has 3 aliphatic rings. The Labute approximate surface area is 321 Å². The maximum atomic E-state index is 11.0. The van der Waals surface area contributed by atoms with Crippen LogP contribution >= 0.6 is 46.6 Å². The van der Waals surface area contributed by atoms with Gasteiger partial charge >= 0.3 is 11.9 Å². The highest BCUT2D eigenvalue weighted by molar-refractivity contribution is 7.99. The number of fused-ring (bicyclic) bond motifs is 2. The maximum absolute atomic E-state index is 11.0. The van der Waals surface area contributed by atoms with Crippen LogP contribution in [0.25, 0.3) is 0 Å². The molecular weight excluding hydrogens is 723 g/mol. The molecule has 0 unspecified atom stereocenters. The number of benzene rings is 2. The first-order chi connectivity index (χ1) is 24.2. The van der Waals surface area contributed by atoms with E-state index in [9.17, 15) is 9.59 Å². The normalized spacial score (nSPS) is 19.5. The van der Waals surface area contributed by atoms with Crippen molar-refractivity contribution in [1.82, 2.24) is 0 Å². The lowest BCUT2D eigenvalue weighted by atomic mass is 9.81. The van der Waals surface area contributed by atoms with E-state index in [1.807, 2.05) is 23.9 Å². The molecule has 0 bridgehead atoms. The summed E-state index contributed by atoms with van der Waals surface area (Å²) in [6, 6.07) is 12.2. The molecule has 0 radical (unpaired) electrons. The van der Waals surface area contributed by atoms with Crippen LogP contribution in [0.15, 0.2) is 82.6 Å². The van der Waals surface area contributed by atoms with Gasteiger partial charge in [0.2, 0.25) is 5.69 Å². The van der Waals surface area contributed by atoms with E-state index < -0.39 is 11.9 Å². The first-order valence-corrected chi connectivity index (χ1v) is 20.0. The minimum Gasteiger partial charge on any atom is -0.481 e. The Balaban J connectivity index is 1.43. The van der Waals surface area contributed by atoms with Crippen LogP contribution in [-0.4, -0.2) is 57.0 Å². The second kappa shape index (κ2) is 16.8. The molecule has 0 spiro atoms. The van der Waals surface area contributed by atoms with E-state index in [0.717, 1.165) is 77.8 Å². The van der Waals surface area contributed by atoms with E-state index >= 15 is 0 Å². The third-order valence-corrected chi connectivity index (χ3v) is 12.2. The highest BCUT2D eigenvalue weighted by Gasteiger charge is 2.44. The summed E-state index contributed by atoms with van der Waals surface area (Å²) in [7, 11) is 0. The molecule has 0 amide bonds. The van der Waals surface area contributed by atoms with Crippen molar-refractivity contribution in [3.05, 3.63) is 104 Å². The SMILES string of the molecule is CC1(C)C(/C=C/C2=C(Cl)C(=C/C=C3/N(CCCCCC(=O)O)c4ccc(Cl)cc4C3(C)C)/CSC2)=[N+](CCCCCC(=O)O)c2ccc(Cl)cc21. The van der Waals surface area contributed by atoms with Gasteiger partial charge in [0.1, 0.15) is 6.54 Å². The second-order valence-electron chi connectivity index (χ2n) is 14.6. The Morgan fingerprint density at radius 1 is 0.804 bits per heavy atom. The van der Waals surface area contributed by atoms with Gasteiger partial charge < -0.3 is 15.1 Å². The average molecular weight is 771 g/mol. The van der Waals surface area contributed by atoms with Crippen LogP contribution in [-0.2, 0) is 20.4 Å². The summed E-state index contributed by atoms with van der Waals surface area (Å²) < 4.78 is 2.36. The number of allylic oxidation sites excluding steroid dienone is 6. The quantitative estimate of drug-likeness (QED) is 0.139. The van der Waals surface area contributed by atoms with Crippen molar-refractivity contribution in [3.8, 4) is 0 Å².